The van der Waals surface area contributed by atoms with Crippen molar-refractivity contribution in [3.63, 3.8) is 0 Å². The van der Waals surface area contributed by atoms with Crippen LogP contribution in [0.1, 0.15) is 5.56 Å². The smallest absolute Gasteiger partial charge is 0.219 e. The predicted molar refractivity (Wildman–Crippen MR) is 129 cm³/mol. The number of ether oxygens (including phenoxy) is 2. The molecule has 0 radical (unpaired) electrons. The van der Waals surface area contributed by atoms with Crippen molar-refractivity contribution in [3.8, 4) is 27.6 Å². The van der Waals surface area contributed by atoms with Crippen LogP contribution < -0.4 is 15.4 Å². The zero-order chi connectivity index (χ0) is 22.8. The minimum atomic E-state index is -0.0255. The maximum absolute atomic E-state index is 9.08. The molecule has 4 heterocycles. The van der Waals surface area contributed by atoms with E-state index in [1.807, 2.05) is 18.2 Å². The second kappa shape index (κ2) is 9.26. The van der Waals surface area contributed by atoms with Crippen LogP contribution >= 0.6 is 11.3 Å². The van der Waals surface area contributed by atoms with Gasteiger partial charge in [0.2, 0.25) is 5.95 Å². The van der Waals surface area contributed by atoms with Crippen molar-refractivity contribution < 1.29 is 14.6 Å². The lowest BCUT2D eigenvalue weighted by Gasteiger charge is -2.28. The van der Waals surface area contributed by atoms with Crippen LogP contribution in [0.5, 0.6) is 5.75 Å². The van der Waals surface area contributed by atoms with Gasteiger partial charge in [-0.25, -0.2) is 19.9 Å². The van der Waals surface area contributed by atoms with Gasteiger partial charge in [0.1, 0.15) is 12.4 Å². The number of nitrogens with zero attached hydrogens (tertiary/aromatic N) is 5. The van der Waals surface area contributed by atoms with Crippen molar-refractivity contribution in [2.75, 3.05) is 50.2 Å². The molecule has 33 heavy (non-hydrogen) atoms. The lowest BCUT2D eigenvalue weighted by molar-refractivity contribution is 0.122. The highest BCUT2D eigenvalue weighted by molar-refractivity contribution is 7.23. The Morgan fingerprint density at radius 3 is 2.70 bits per heavy atom. The summed E-state index contributed by atoms with van der Waals surface area (Å²) < 4.78 is 12.2. The van der Waals surface area contributed by atoms with E-state index in [-0.39, 0.29) is 19.2 Å². The quantitative estimate of drug-likeness (QED) is 0.444. The zero-order valence-corrected chi connectivity index (χ0v) is 19.0. The van der Waals surface area contributed by atoms with Crippen LogP contribution in [-0.4, -0.2) is 64.6 Å². The van der Waals surface area contributed by atoms with Gasteiger partial charge in [-0.05, 0) is 30.2 Å². The number of aryl methyl sites for hydroxylation is 1. The normalized spacial score (nSPS) is 14.1. The molecular formula is C23H24N6O3S. The fourth-order valence-corrected chi connectivity index (χ4v) is 5.07. The van der Waals surface area contributed by atoms with Gasteiger partial charge < -0.3 is 25.2 Å². The summed E-state index contributed by atoms with van der Waals surface area (Å²) in [5.74, 6) is 2.39. The highest BCUT2D eigenvalue weighted by Crippen LogP contribution is 2.42. The Balaban J connectivity index is 1.66. The number of nitrogen functional groups attached to an aromatic ring is 1. The van der Waals surface area contributed by atoms with E-state index in [4.69, 9.17) is 30.3 Å². The standard InChI is InChI=1S/C23H24N6O3S/c1-14-18-20(33-19(14)15-3-2-4-17(11-15)32-10-7-30)22(29-5-8-31-9-6-29)28-21(27-18)16-12-25-23(24)26-13-16/h2-4,11-13,30H,5-10H2,1H3,(H2,24,25,26). The first-order valence-electron chi connectivity index (χ1n) is 10.7. The molecule has 0 atom stereocenters. The van der Waals surface area contributed by atoms with Crippen molar-refractivity contribution in [2.24, 2.45) is 0 Å². The second-order valence-corrected chi connectivity index (χ2v) is 8.65. The summed E-state index contributed by atoms with van der Waals surface area (Å²) in [5, 5.41) is 9.08. The monoisotopic (exact) mass is 464 g/mol. The molecule has 4 aromatic rings. The molecule has 0 spiro atoms. The molecule has 170 valence electrons. The first kappa shape index (κ1) is 21.5. The van der Waals surface area contributed by atoms with Gasteiger partial charge in [-0.15, -0.1) is 11.3 Å². The van der Waals surface area contributed by atoms with E-state index in [1.54, 1.807) is 23.7 Å². The van der Waals surface area contributed by atoms with E-state index in [9.17, 15) is 0 Å². The number of fused-ring (bicyclic) bond motifs is 1. The van der Waals surface area contributed by atoms with E-state index >= 15 is 0 Å². The lowest BCUT2D eigenvalue weighted by atomic mass is 10.1. The van der Waals surface area contributed by atoms with Gasteiger partial charge in [-0.2, -0.15) is 0 Å². The third-order valence-corrected chi connectivity index (χ3v) is 6.77. The number of morpholine rings is 1. The minimum Gasteiger partial charge on any atom is -0.491 e. The van der Waals surface area contributed by atoms with E-state index in [2.05, 4.69) is 27.9 Å². The van der Waals surface area contributed by atoms with Gasteiger partial charge in [0, 0.05) is 30.4 Å². The van der Waals surface area contributed by atoms with Crippen molar-refractivity contribution in [2.45, 2.75) is 6.92 Å². The summed E-state index contributed by atoms with van der Waals surface area (Å²) in [6.45, 7) is 5.16. The third-order valence-electron chi connectivity index (χ3n) is 5.44. The molecule has 3 aromatic heterocycles. The number of anilines is 2. The number of hydrogen-bond acceptors (Lipinski definition) is 10. The summed E-state index contributed by atoms with van der Waals surface area (Å²) in [6.07, 6.45) is 3.30. The number of hydrogen-bond donors (Lipinski definition) is 2. The van der Waals surface area contributed by atoms with Crippen LogP contribution in [0.25, 0.3) is 32.0 Å². The fraction of sp³-hybridized carbons (Fsp3) is 0.304. The summed E-state index contributed by atoms with van der Waals surface area (Å²) in [7, 11) is 0. The SMILES string of the molecule is Cc1c(-c2cccc(OCCO)c2)sc2c(N3CCOCC3)nc(-c3cnc(N)nc3)nc12. The Labute approximate surface area is 194 Å². The van der Waals surface area contributed by atoms with E-state index < -0.39 is 0 Å². The summed E-state index contributed by atoms with van der Waals surface area (Å²) in [5.41, 5.74) is 9.40. The number of aliphatic hydroxyl groups excluding tert-OH is 1. The molecule has 1 fully saturated rings. The molecule has 1 aliphatic heterocycles. The molecule has 0 bridgehead atoms. The second-order valence-electron chi connectivity index (χ2n) is 7.63. The van der Waals surface area contributed by atoms with Gasteiger partial charge in [0.15, 0.2) is 11.6 Å². The van der Waals surface area contributed by atoms with Gasteiger partial charge in [-0.3, -0.25) is 0 Å². The predicted octanol–water partition coefficient (Wildman–Crippen LogP) is 2.91. The van der Waals surface area contributed by atoms with E-state index in [1.165, 1.54) is 0 Å². The topological polar surface area (TPSA) is 120 Å². The van der Waals surface area contributed by atoms with Crippen LogP contribution in [0.2, 0.25) is 0 Å². The highest BCUT2D eigenvalue weighted by Gasteiger charge is 2.23. The molecule has 0 amide bonds. The Kier molecular flexibility index (Phi) is 6.03. The molecular weight excluding hydrogens is 440 g/mol. The molecule has 5 rings (SSSR count). The molecule has 0 unspecified atom stereocenters. The lowest BCUT2D eigenvalue weighted by Crippen LogP contribution is -2.36. The van der Waals surface area contributed by atoms with Gasteiger partial charge in [0.25, 0.3) is 0 Å². The number of thiophene rings is 1. The summed E-state index contributed by atoms with van der Waals surface area (Å²) in [6, 6.07) is 7.89. The van der Waals surface area contributed by atoms with Gasteiger partial charge >= 0.3 is 0 Å². The minimum absolute atomic E-state index is 0.0255. The molecule has 1 aliphatic rings. The molecule has 0 aliphatic carbocycles. The number of nitrogens with two attached hydrogens (primary N) is 1. The average Bonchev–Trinajstić information content (AvgIpc) is 3.20. The highest BCUT2D eigenvalue weighted by atomic mass is 32.1. The average molecular weight is 465 g/mol. The van der Waals surface area contributed by atoms with Crippen molar-refractivity contribution in [1.82, 2.24) is 19.9 Å². The number of rotatable bonds is 6. The molecule has 1 saturated heterocycles. The Morgan fingerprint density at radius 1 is 1.15 bits per heavy atom. The van der Waals surface area contributed by atoms with Crippen LogP contribution in [0.4, 0.5) is 11.8 Å². The van der Waals surface area contributed by atoms with Crippen molar-refractivity contribution in [1.29, 1.82) is 0 Å². The fourth-order valence-electron chi connectivity index (χ4n) is 3.81. The maximum atomic E-state index is 9.08. The van der Waals surface area contributed by atoms with Crippen molar-refractivity contribution >= 4 is 33.3 Å². The first-order chi connectivity index (χ1) is 16.1. The molecule has 10 heteroatoms. The molecule has 1 aromatic carbocycles. The van der Waals surface area contributed by atoms with Crippen LogP contribution in [-0.2, 0) is 4.74 Å². The number of aliphatic hydroxyl groups is 1. The van der Waals surface area contributed by atoms with Gasteiger partial charge in [-0.1, -0.05) is 12.1 Å². The molecule has 0 saturated carbocycles. The Morgan fingerprint density at radius 2 is 1.94 bits per heavy atom. The van der Waals surface area contributed by atoms with Crippen molar-refractivity contribution in [3.05, 3.63) is 42.2 Å². The third kappa shape index (κ3) is 4.32. The Bertz CT molecular complexity index is 1270. The van der Waals surface area contributed by atoms with E-state index in [0.29, 0.717) is 24.6 Å². The van der Waals surface area contributed by atoms with Crippen LogP contribution in [0.15, 0.2) is 36.7 Å². The van der Waals surface area contributed by atoms with Crippen LogP contribution in [0.3, 0.4) is 0 Å². The first-order valence-corrected chi connectivity index (χ1v) is 11.5. The maximum Gasteiger partial charge on any atom is 0.219 e. The number of aromatic nitrogens is 4. The van der Waals surface area contributed by atoms with Gasteiger partial charge in [0.05, 0.1) is 35.6 Å². The zero-order valence-electron chi connectivity index (χ0n) is 18.2. The Hall–Kier alpha value is -3.34. The largest absolute Gasteiger partial charge is 0.491 e. The van der Waals surface area contributed by atoms with E-state index in [0.717, 1.165) is 50.9 Å². The van der Waals surface area contributed by atoms with Crippen LogP contribution in [0, 0.1) is 6.92 Å². The summed E-state index contributed by atoms with van der Waals surface area (Å²) >= 11 is 1.67. The molecule has 9 nitrogen and oxygen atoms in total. The molecule has 3 N–H and O–H groups in total. The summed E-state index contributed by atoms with van der Waals surface area (Å²) in [4.78, 5) is 21.4. The number of benzene rings is 1.